The molecule has 3 aromatic rings. The van der Waals surface area contributed by atoms with Crippen molar-refractivity contribution in [3.8, 4) is 0 Å². The first kappa shape index (κ1) is 23.9. The second-order valence-corrected chi connectivity index (χ2v) is 9.24. The first-order valence-corrected chi connectivity index (χ1v) is 12.2. The van der Waals surface area contributed by atoms with Crippen LogP contribution >= 0.6 is 0 Å². The highest BCUT2D eigenvalue weighted by Gasteiger charge is 2.50. The van der Waals surface area contributed by atoms with Gasteiger partial charge < -0.3 is 9.64 Å². The summed E-state index contributed by atoms with van der Waals surface area (Å²) in [4.78, 5) is 16.6. The first-order valence-electron chi connectivity index (χ1n) is 12.2. The van der Waals surface area contributed by atoms with Gasteiger partial charge in [0.15, 0.2) is 5.60 Å². The molecule has 0 unspecified atom stereocenters. The van der Waals surface area contributed by atoms with E-state index in [1.54, 1.807) is 29.2 Å². The number of piperidine rings is 1. The Kier molecular flexibility index (Phi) is 6.70. The molecule has 1 spiro atoms. The normalized spacial score (nSPS) is 17.3. The number of rotatable bonds is 6. The summed E-state index contributed by atoms with van der Waals surface area (Å²) in [6.45, 7) is 6.62. The van der Waals surface area contributed by atoms with Gasteiger partial charge in [-0.15, -0.1) is 0 Å². The molecule has 4 nitrogen and oxygen atoms in total. The number of hydrogen-bond acceptors (Lipinski definition) is 3. The van der Waals surface area contributed by atoms with Crippen molar-refractivity contribution in [2.24, 2.45) is 0 Å². The van der Waals surface area contributed by atoms with Gasteiger partial charge in [0.05, 0.1) is 11.4 Å². The molecule has 184 valence electrons. The average molecular weight is 487 g/mol. The summed E-state index contributed by atoms with van der Waals surface area (Å²) in [6.07, 6.45) is 3.90. The highest BCUT2D eigenvalue weighted by molar-refractivity contribution is 5.95. The number of likely N-dealkylation sites (tertiary alicyclic amines) is 1. The van der Waals surface area contributed by atoms with Crippen LogP contribution in [0, 0.1) is 11.6 Å². The van der Waals surface area contributed by atoms with Gasteiger partial charge in [-0.1, -0.05) is 55.1 Å². The molecule has 6 heteroatoms. The number of nitrogens with zero attached hydrogens (tertiary/aromatic N) is 2. The van der Waals surface area contributed by atoms with E-state index >= 15 is 0 Å². The van der Waals surface area contributed by atoms with Crippen LogP contribution in [0.3, 0.4) is 0 Å². The summed E-state index contributed by atoms with van der Waals surface area (Å²) >= 11 is 0. The van der Waals surface area contributed by atoms with E-state index in [2.05, 4.69) is 17.6 Å². The Bertz CT molecular complexity index is 1220. The van der Waals surface area contributed by atoms with Crippen LogP contribution in [0.25, 0.3) is 5.57 Å². The molecule has 2 aliphatic heterocycles. The Balaban J connectivity index is 1.24. The van der Waals surface area contributed by atoms with Crippen molar-refractivity contribution in [1.82, 2.24) is 4.90 Å². The van der Waals surface area contributed by atoms with E-state index in [0.29, 0.717) is 18.5 Å². The summed E-state index contributed by atoms with van der Waals surface area (Å²) in [5.41, 5.74) is 3.53. The molecular formula is C30H28F2N2O2. The van der Waals surface area contributed by atoms with Crippen LogP contribution in [-0.4, -0.2) is 36.2 Å². The van der Waals surface area contributed by atoms with Crippen LogP contribution in [0.2, 0.25) is 0 Å². The Hall–Kier alpha value is -3.77. The van der Waals surface area contributed by atoms with Gasteiger partial charge >= 0.3 is 6.09 Å². The summed E-state index contributed by atoms with van der Waals surface area (Å²) < 4.78 is 32.8. The van der Waals surface area contributed by atoms with Crippen molar-refractivity contribution < 1.29 is 18.3 Å². The molecule has 2 heterocycles. The molecule has 2 saturated heterocycles. The number of amides is 1. The van der Waals surface area contributed by atoms with E-state index in [1.165, 1.54) is 24.3 Å². The van der Waals surface area contributed by atoms with Gasteiger partial charge in [0.2, 0.25) is 0 Å². The van der Waals surface area contributed by atoms with Gasteiger partial charge in [-0.25, -0.2) is 18.5 Å². The molecule has 0 saturated carbocycles. The van der Waals surface area contributed by atoms with Crippen molar-refractivity contribution in [3.05, 3.63) is 120 Å². The van der Waals surface area contributed by atoms with E-state index < -0.39 is 5.60 Å². The second kappa shape index (κ2) is 10.1. The lowest BCUT2D eigenvalue weighted by Crippen LogP contribution is -2.45. The average Bonchev–Trinajstić information content (AvgIpc) is 3.13. The molecule has 2 aliphatic rings. The molecule has 3 aromatic carbocycles. The Morgan fingerprint density at radius 3 is 2.00 bits per heavy atom. The summed E-state index contributed by atoms with van der Waals surface area (Å²) in [6, 6.07) is 22.2. The number of carbonyl (C=O) groups is 1. The molecule has 0 bridgehead atoms. The van der Waals surface area contributed by atoms with Crippen molar-refractivity contribution >= 4 is 17.4 Å². The number of halogens is 2. The minimum absolute atomic E-state index is 0.292. The quantitative estimate of drug-likeness (QED) is 0.385. The van der Waals surface area contributed by atoms with E-state index in [9.17, 15) is 13.6 Å². The minimum atomic E-state index is -0.660. The molecule has 1 amide bonds. The SMILES string of the molecule is C=C1N(c2ccccc2)C(=O)OC12CCN(CCC=C(c1ccc(F)cc1)c1ccc(F)cc1)CC2. The van der Waals surface area contributed by atoms with Gasteiger partial charge in [0, 0.05) is 32.5 Å². The zero-order valence-corrected chi connectivity index (χ0v) is 20.0. The Labute approximate surface area is 210 Å². The third-order valence-electron chi connectivity index (χ3n) is 7.04. The monoisotopic (exact) mass is 486 g/mol. The number of ether oxygens (including phenoxy) is 1. The molecule has 0 radical (unpaired) electrons. The van der Waals surface area contributed by atoms with Crippen LogP contribution < -0.4 is 4.90 Å². The molecule has 0 atom stereocenters. The van der Waals surface area contributed by atoms with Crippen LogP contribution in [0.5, 0.6) is 0 Å². The fourth-order valence-corrected chi connectivity index (χ4v) is 5.01. The van der Waals surface area contributed by atoms with Gasteiger partial charge in [-0.05, 0) is 59.5 Å². The third kappa shape index (κ3) is 4.82. The minimum Gasteiger partial charge on any atom is -0.436 e. The number of carbonyl (C=O) groups excluding carboxylic acids is 1. The van der Waals surface area contributed by atoms with Gasteiger partial charge in [0.1, 0.15) is 11.6 Å². The summed E-state index contributed by atoms with van der Waals surface area (Å²) in [7, 11) is 0. The lowest BCUT2D eigenvalue weighted by molar-refractivity contribution is 0.0155. The summed E-state index contributed by atoms with van der Waals surface area (Å²) in [5, 5.41) is 0. The molecule has 36 heavy (non-hydrogen) atoms. The Morgan fingerprint density at radius 2 is 1.44 bits per heavy atom. The molecule has 0 aromatic heterocycles. The topological polar surface area (TPSA) is 32.8 Å². The summed E-state index contributed by atoms with van der Waals surface area (Å²) in [5.74, 6) is -0.584. The van der Waals surface area contributed by atoms with E-state index in [1.807, 2.05) is 30.3 Å². The highest BCUT2D eigenvalue weighted by atomic mass is 19.1. The van der Waals surface area contributed by atoms with Gasteiger partial charge in [0.25, 0.3) is 0 Å². The number of anilines is 1. The smallest absolute Gasteiger partial charge is 0.419 e. The zero-order valence-electron chi connectivity index (χ0n) is 20.0. The van der Waals surface area contributed by atoms with E-state index in [0.717, 1.165) is 48.4 Å². The predicted molar refractivity (Wildman–Crippen MR) is 137 cm³/mol. The fourth-order valence-electron chi connectivity index (χ4n) is 5.01. The second-order valence-electron chi connectivity index (χ2n) is 9.24. The largest absolute Gasteiger partial charge is 0.436 e. The maximum atomic E-state index is 13.5. The van der Waals surface area contributed by atoms with Crippen LogP contribution in [0.15, 0.2) is 97.2 Å². The van der Waals surface area contributed by atoms with Crippen LogP contribution in [0.4, 0.5) is 19.3 Å². The number of hydrogen-bond donors (Lipinski definition) is 0. The standard InChI is InChI=1S/C30H28F2N2O2/c1-22-30(36-29(35)34(22)27-6-3-2-4-7-27)17-20-33(21-18-30)19-5-8-28(23-9-13-25(31)14-10-23)24-11-15-26(32)16-12-24/h2-4,6-16H,1,5,17-21H2. The van der Waals surface area contributed by atoms with Gasteiger partial charge in [-0.2, -0.15) is 0 Å². The van der Waals surface area contributed by atoms with Crippen molar-refractivity contribution in [2.75, 3.05) is 24.5 Å². The maximum Gasteiger partial charge on any atom is 0.419 e. The molecule has 0 aliphatic carbocycles. The third-order valence-corrected chi connectivity index (χ3v) is 7.04. The molecule has 0 N–H and O–H groups in total. The van der Waals surface area contributed by atoms with E-state index in [4.69, 9.17) is 4.74 Å². The van der Waals surface area contributed by atoms with E-state index in [-0.39, 0.29) is 17.7 Å². The number of para-hydroxylation sites is 1. The van der Waals surface area contributed by atoms with Crippen LogP contribution in [-0.2, 0) is 4.74 Å². The number of benzene rings is 3. The lowest BCUT2D eigenvalue weighted by Gasteiger charge is -2.38. The molecular weight excluding hydrogens is 458 g/mol. The van der Waals surface area contributed by atoms with Crippen molar-refractivity contribution in [1.29, 1.82) is 0 Å². The molecule has 2 fully saturated rings. The first-order chi connectivity index (χ1) is 17.4. The predicted octanol–water partition coefficient (Wildman–Crippen LogP) is 6.79. The fraction of sp³-hybridized carbons (Fsp3) is 0.233. The van der Waals surface area contributed by atoms with Crippen molar-refractivity contribution in [2.45, 2.75) is 24.9 Å². The highest BCUT2D eigenvalue weighted by Crippen LogP contribution is 2.42. The zero-order chi connectivity index (χ0) is 25.1. The lowest BCUT2D eigenvalue weighted by atomic mass is 9.88. The Morgan fingerprint density at radius 1 is 0.889 bits per heavy atom. The van der Waals surface area contributed by atoms with Crippen LogP contribution in [0.1, 0.15) is 30.4 Å². The van der Waals surface area contributed by atoms with Crippen molar-refractivity contribution in [3.63, 3.8) is 0 Å². The molecule has 5 rings (SSSR count). The maximum absolute atomic E-state index is 13.5. The van der Waals surface area contributed by atoms with Gasteiger partial charge in [-0.3, -0.25) is 0 Å².